The molecule has 3 heteroatoms. The molecule has 0 heterocycles. The van der Waals surface area contributed by atoms with E-state index in [1.807, 2.05) is 13.0 Å². The van der Waals surface area contributed by atoms with Crippen LogP contribution in [0.4, 0.5) is 0 Å². The van der Waals surface area contributed by atoms with Gasteiger partial charge in [-0.2, -0.15) is 0 Å². The van der Waals surface area contributed by atoms with Crippen LogP contribution in [0.3, 0.4) is 0 Å². The van der Waals surface area contributed by atoms with E-state index in [0.717, 1.165) is 22.0 Å². The molecule has 0 aliphatic heterocycles. The van der Waals surface area contributed by atoms with E-state index in [1.54, 1.807) is 6.07 Å². The minimum absolute atomic E-state index is 0.303. The number of halogens is 1. The van der Waals surface area contributed by atoms with E-state index >= 15 is 0 Å². The molecule has 1 aromatic carbocycles. The topological polar surface area (TPSA) is 46.2 Å². The zero-order valence-electron chi connectivity index (χ0n) is 8.55. The third kappa shape index (κ3) is 2.28. The summed E-state index contributed by atoms with van der Waals surface area (Å²) in [6.07, 6.45) is 0.894. The average molecular weight is 258 g/mol. The molecule has 0 aliphatic carbocycles. The molecule has 1 unspecified atom stereocenters. The van der Waals surface area contributed by atoms with Crippen LogP contribution < -0.4 is 5.73 Å². The molecule has 78 valence electrons. The highest BCUT2D eigenvalue weighted by Crippen LogP contribution is 2.34. The molecule has 1 atom stereocenters. The Morgan fingerprint density at radius 3 is 2.71 bits per heavy atom. The lowest BCUT2D eigenvalue weighted by Crippen LogP contribution is -2.06. The van der Waals surface area contributed by atoms with E-state index < -0.39 is 0 Å². The van der Waals surface area contributed by atoms with Crippen LogP contribution in [0.25, 0.3) is 0 Å². The molecule has 0 aliphatic rings. The summed E-state index contributed by atoms with van der Waals surface area (Å²) in [7, 11) is 0. The van der Waals surface area contributed by atoms with Crippen LogP contribution >= 0.6 is 15.9 Å². The van der Waals surface area contributed by atoms with Crippen LogP contribution in [-0.4, -0.2) is 11.7 Å². The number of phenolic OH excluding ortho intramolecular Hbond substituents is 1. The number of benzene rings is 1. The number of aromatic hydroxyl groups is 1. The first kappa shape index (κ1) is 11.5. The zero-order chi connectivity index (χ0) is 10.7. The van der Waals surface area contributed by atoms with Crippen LogP contribution in [-0.2, 0) is 0 Å². The van der Waals surface area contributed by atoms with E-state index in [-0.39, 0.29) is 0 Å². The number of hydrogen-bond donors (Lipinski definition) is 2. The first-order valence-corrected chi connectivity index (χ1v) is 5.55. The zero-order valence-corrected chi connectivity index (χ0v) is 10.1. The molecule has 0 saturated heterocycles. The minimum atomic E-state index is 0.303. The number of phenols is 1. The molecule has 1 rings (SSSR count). The quantitative estimate of drug-likeness (QED) is 0.875. The minimum Gasteiger partial charge on any atom is -0.508 e. The highest BCUT2D eigenvalue weighted by molar-refractivity contribution is 9.10. The van der Waals surface area contributed by atoms with E-state index in [4.69, 9.17) is 5.73 Å². The van der Waals surface area contributed by atoms with Gasteiger partial charge in [0, 0.05) is 10.0 Å². The highest BCUT2D eigenvalue weighted by atomic mass is 79.9. The van der Waals surface area contributed by atoms with Gasteiger partial charge in [-0.25, -0.2) is 0 Å². The molecule has 0 aromatic heterocycles. The van der Waals surface area contributed by atoms with Gasteiger partial charge >= 0.3 is 0 Å². The lowest BCUT2D eigenvalue weighted by Gasteiger charge is -2.16. The van der Waals surface area contributed by atoms with E-state index in [2.05, 4.69) is 22.9 Å². The SMILES string of the molecule is Cc1c(Br)ccc(O)c1C(C)CCN. The predicted molar refractivity (Wildman–Crippen MR) is 62.6 cm³/mol. The van der Waals surface area contributed by atoms with Gasteiger partial charge in [0.05, 0.1) is 0 Å². The van der Waals surface area contributed by atoms with Gasteiger partial charge in [-0.3, -0.25) is 0 Å². The Bertz CT molecular complexity index is 325. The van der Waals surface area contributed by atoms with Crippen molar-refractivity contribution in [3.05, 3.63) is 27.7 Å². The largest absolute Gasteiger partial charge is 0.508 e. The van der Waals surface area contributed by atoms with Crippen molar-refractivity contribution in [1.29, 1.82) is 0 Å². The summed E-state index contributed by atoms with van der Waals surface area (Å²) in [6.45, 7) is 4.74. The fourth-order valence-corrected chi connectivity index (χ4v) is 2.05. The Hall–Kier alpha value is -0.540. The van der Waals surface area contributed by atoms with Crippen LogP contribution in [0.15, 0.2) is 16.6 Å². The first-order chi connectivity index (χ1) is 6.57. The second kappa shape index (κ2) is 4.80. The van der Waals surface area contributed by atoms with Crippen LogP contribution in [0.2, 0.25) is 0 Å². The van der Waals surface area contributed by atoms with Gasteiger partial charge in [0.1, 0.15) is 5.75 Å². The third-order valence-electron chi connectivity index (χ3n) is 2.52. The van der Waals surface area contributed by atoms with Gasteiger partial charge < -0.3 is 10.8 Å². The molecule has 0 spiro atoms. The molecule has 2 nitrogen and oxygen atoms in total. The molecule has 3 N–H and O–H groups in total. The molecular formula is C11H16BrNO. The van der Waals surface area contributed by atoms with Crippen molar-refractivity contribution in [2.75, 3.05) is 6.54 Å². The van der Waals surface area contributed by atoms with Crippen LogP contribution in [0, 0.1) is 6.92 Å². The molecule has 0 saturated carbocycles. The van der Waals surface area contributed by atoms with Gasteiger partial charge in [-0.15, -0.1) is 0 Å². The number of hydrogen-bond acceptors (Lipinski definition) is 2. The Morgan fingerprint density at radius 1 is 1.50 bits per heavy atom. The first-order valence-electron chi connectivity index (χ1n) is 4.76. The average Bonchev–Trinajstić information content (AvgIpc) is 2.13. The standard InChI is InChI=1S/C11H16BrNO/c1-7(5-6-13)11-8(2)9(12)3-4-10(11)14/h3-4,7,14H,5-6,13H2,1-2H3. The van der Waals surface area contributed by atoms with E-state index in [1.165, 1.54) is 0 Å². The molecular weight excluding hydrogens is 242 g/mol. The summed E-state index contributed by atoms with van der Waals surface area (Å²) in [6, 6.07) is 3.59. The summed E-state index contributed by atoms with van der Waals surface area (Å²) in [5, 5.41) is 9.75. The summed E-state index contributed by atoms with van der Waals surface area (Å²) in [4.78, 5) is 0. The van der Waals surface area contributed by atoms with E-state index in [0.29, 0.717) is 18.2 Å². The number of rotatable bonds is 3. The lowest BCUT2D eigenvalue weighted by molar-refractivity contribution is 0.460. The molecule has 0 amide bonds. The Kier molecular flexibility index (Phi) is 3.96. The maximum atomic E-state index is 9.75. The van der Waals surface area contributed by atoms with Gasteiger partial charge in [-0.05, 0) is 43.5 Å². The fraction of sp³-hybridized carbons (Fsp3) is 0.455. The Morgan fingerprint density at radius 2 is 2.14 bits per heavy atom. The molecule has 0 radical (unpaired) electrons. The van der Waals surface area contributed by atoms with Crippen LogP contribution in [0.5, 0.6) is 5.75 Å². The van der Waals surface area contributed by atoms with Crippen LogP contribution in [0.1, 0.15) is 30.4 Å². The lowest BCUT2D eigenvalue weighted by atomic mass is 9.93. The second-order valence-corrected chi connectivity index (χ2v) is 4.44. The summed E-state index contributed by atoms with van der Waals surface area (Å²) >= 11 is 3.46. The van der Waals surface area contributed by atoms with Crippen molar-refractivity contribution in [1.82, 2.24) is 0 Å². The fourth-order valence-electron chi connectivity index (χ4n) is 1.70. The van der Waals surface area contributed by atoms with Crippen molar-refractivity contribution in [2.45, 2.75) is 26.2 Å². The number of nitrogens with two attached hydrogens (primary N) is 1. The molecule has 0 bridgehead atoms. The highest BCUT2D eigenvalue weighted by Gasteiger charge is 2.14. The van der Waals surface area contributed by atoms with Crippen molar-refractivity contribution in [3.63, 3.8) is 0 Å². The summed E-state index contributed by atoms with van der Waals surface area (Å²) < 4.78 is 1.04. The van der Waals surface area contributed by atoms with Crippen molar-refractivity contribution < 1.29 is 5.11 Å². The van der Waals surface area contributed by atoms with Gasteiger partial charge in [0.15, 0.2) is 0 Å². The molecule has 0 fully saturated rings. The Balaban J connectivity index is 3.11. The normalized spacial score (nSPS) is 12.9. The summed E-state index contributed by atoms with van der Waals surface area (Å²) in [5.74, 6) is 0.671. The van der Waals surface area contributed by atoms with Gasteiger partial charge in [0.25, 0.3) is 0 Å². The molecule has 14 heavy (non-hydrogen) atoms. The predicted octanol–water partition coefficient (Wildman–Crippen LogP) is 2.92. The van der Waals surface area contributed by atoms with E-state index in [9.17, 15) is 5.11 Å². The molecule has 1 aromatic rings. The van der Waals surface area contributed by atoms with Gasteiger partial charge in [-0.1, -0.05) is 22.9 Å². The van der Waals surface area contributed by atoms with Crippen molar-refractivity contribution >= 4 is 15.9 Å². The maximum Gasteiger partial charge on any atom is 0.119 e. The smallest absolute Gasteiger partial charge is 0.119 e. The third-order valence-corrected chi connectivity index (χ3v) is 3.38. The second-order valence-electron chi connectivity index (χ2n) is 3.58. The maximum absolute atomic E-state index is 9.75. The monoisotopic (exact) mass is 257 g/mol. The summed E-state index contributed by atoms with van der Waals surface area (Å²) in [5.41, 5.74) is 7.62. The van der Waals surface area contributed by atoms with Gasteiger partial charge in [0.2, 0.25) is 0 Å². The van der Waals surface area contributed by atoms with Crippen molar-refractivity contribution in [2.24, 2.45) is 5.73 Å². The Labute approximate surface area is 93.3 Å². The van der Waals surface area contributed by atoms with Crippen molar-refractivity contribution in [3.8, 4) is 5.75 Å².